The van der Waals surface area contributed by atoms with Crippen LogP contribution in [0.15, 0.2) is 24.3 Å². The molecule has 0 unspecified atom stereocenters. The fourth-order valence-corrected chi connectivity index (χ4v) is 3.10. The third-order valence-electron chi connectivity index (χ3n) is 4.62. The average molecular weight is 288 g/mol. The van der Waals surface area contributed by atoms with Crippen LogP contribution in [0.4, 0.5) is 0 Å². The highest BCUT2D eigenvalue weighted by molar-refractivity contribution is 5.33. The molecule has 1 fully saturated rings. The summed E-state index contributed by atoms with van der Waals surface area (Å²) in [6.45, 7) is 8.48. The minimum Gasteiger partial charge on any atom is -0.497 e. The van der Waals surface area contributed by atoms with Crippen molar-refractivity contribution in [3.8, 4) is 5.75 Å². The molecule has 1 saturated heterocycles. The molecule has 0 aromatic heterocycles. The maximum absolute atomic E-state index is 5.23. The lowest BCUT2D eigenvalue weighted by Crippen LogP contribution is -2.30. The van der Waals surface area contributed by atoms with Crippen molar-refractivity contribution in [2.45, 2.75) is 51.4 Å². The van der Waals surface area contributed by atoms with E-state index in [1.54, 1.807) is 7.11 Å². The fourth-order valence-electron chi connectivity index (χ4n) is 3.10. The van der Waals surface area contributed by atoms with Crippen molar-refractivity contribution in [1.82, 2.24) is 4.90 Å². The maximum Gasteiger partial charge on any atom is 0.118 e. The van der Waals surface area contributed by atoms with Gasteiger partial charge >= 0.3 is 0 Å². The van der Waals surface area contributed by atoms with Gasteiger partial charge in [0.1, 0.15) is 5.75 Å². The molecule has 0 saturated carbocycles. The smallest absolute Gasteiger partial charge is 0.118 e. The van der Waals surface area contributed by atoms with Crippen molar-refractivity contribution < 1.29 is 4.74 Å². The van der Waals surface area contributed by atoms with Crippen LogP contribution in [0.1, 0.15) is 51.5 Å². The second-order valence-corrected chi connectivity index (χ2v) is 6.70. The molecule has 0 aliphatic carbocycles. The maximum atomic E-state index is 5.23. The van der Waals surface area contributed by atoms with Crippen molar-refractivity contribution in [1.29, 1.82) is 0 Å². The number of likely N-dealkylation sites (tertiary alicyclic amines) is 1. The lowest BCUT2D eigenvalue weighted by molar-refractivity contribution is 0.225. The zero-order valence-corrected chi connectivity index (χ0v) is 13.9. The van der Waals surface area contributed by atoms with E-state index in [9.17, 15) is 0 Å². The van der Waals surface area contributed by atoms with Crippen LogP contribution in [0.2, 0.25) is 0 Å². The number of hydrogen-bond acceptors (Lipinski definition) is 2. The van der Waals surface area contributed by atoms with Gasteiger partial charge in [-0.1, -0.05) is 32.4 Å². The van der Waals surface area contributed by atoms with Gasteiger partial charge in [0.05, 0.1) is 7.11 Å². The summed E-state index contributed by atoms with van der Waals surface area (Å²) in [7, 11) is 1.72. The Morgan fingerprint density at radius 1 is 1.10 bits per heavy atom. The Bertz CT molecular complexity index is 404. The third-order valence-corrected chi connectivity index (χ3v) is 4.62. The summed E-state index contributed by atoms with van der Waals surface area (Å²) < 4.78 is 5.23. The van der Waals surface area contributed by atoms with Gasteiger partial charge in [-0.05, 0) is 74.8 Å². The molecule has 1 radical (unpaired) electrons. The number of methoxy groups -OCH3 is 1. The summed E-state index contributed by atoms with van der Waals surface area (Å²) in [5.74, 6) is 0.930. The van der Waals surface area contributed by atoms with E-state index in [-0.39, 0.29) is 5.41 Å². The first-order valence-corrected chi connectivity index (χ1v) is 8.33. The third kappa shape index (κ3) is 5.03. The van der Waals surface area contributed by atoms with Crippen molar-refractivity contribution in [3.63, 3.8) is 0 Å². The summed E-state index contributed by atoms with van der Waals surface area (Å²) in [5.41, 5.74) is 1.50. The summed E-state index contributed by atoms with van der Waals surface area (Å²) in [6.07, 6.45) is 9.14. The predicted molar refractivity (Wildman–Crippen MR) is 89.8 cm³/mol. The molecule has 0 atom stereocenters. The van der Waals surface area contributed by atoms with E-state index in [4.69, 9.17) is 4.74 Å². The van der Waals surface area contributed by atoms with Gasteiger partial charge in [-0.15, -0.1) is 0 Å². The van der Waals surface area contributed by atoms with E-state index in [2.05, 4.69) is 49.4 Å². The molecule has 2 rings (SSSR count). The molecule has 1 aliphatic heterocycles. The van der Waals surface area contributed by atoms with E-state index in [1.165, 1.54) is 57.3 Å². The fraction of sp³-hybridized carbons (Fsp3) is 0.632. The Morgan fingerprint density at radius 3 is 2.38 bits per heavy atom. The van der Waals surface area contributed by atoms with Gasteiger partial charge in [0, 0.05) is 0 Å². The van der Waals surface area contributed by atoms with Gasteiger partial charge in [0.2, 0.25) is 0 Å². The summed E-state index contributed by atoms with van der Waals surface area (Å²) in [5, 5.41) is 0. The number of hydrogen-bond donors (Lipinski definition) is 0. The van der Waals surface area contributed by atoms with Crippen molar-refractivity contribution >= 4 is 0 Å². The van der Waals surface area contributed by atoms with Crippen LogP contribution in [0.5, 0.6) is 5.75 Å². The molecular formula is C19H30NO. The molecular weight excluding hydrogens is 258 g/mol. The number of unbranched alkanes of at least 4 members (excludes halogenated alkanes) is 1. The van der Waals surface area contributed by atoms with Crippen molar-refractivity contribution in [3.05, 3.63) is 36.2 Å². The van der Waals surface area contributed by atoms with Gasteiger partial charge in [-0.2, -0.15) is 0 Å². The topological polar surface area (TPSA) is 12.5 Å². The first kappa shape index (κ1) is 16.4. The molecule has 0 spiro atoms. The Kier molecular flexibility index (Phi) is 6.10. The summed E-state index contributed by atoms with van der Waals surface area (Å²) in [6, 6.07) is 8.47. The summed E-state index contributed by atoms with van der Waals surface area (Å²) >= 11 is 0. The highest BCUT2D eigenvalue weighted by Gasteiger charge is 2.20. The Morgan fingerprint density at radius 2 is 1.76 bits per heavy atom. The van der Waals surface area contributed by atoms with E-state index >= 15 is 0 Å². The van der Waals surface area contributed by atoms with Gasteiger partial charge in [-0.3, -0.25) is 0 Å². The minimum absolute atomic E-state index is 0.133. The molecule has 1 heterocycles. The second kappa shape index (κ2) is 7.84. The molecule has 1 aliphatic rings. The van der Waals surface area contributed by atoms with Crippen molar-refractivity contribution in [2.24, 2.45) is 0 Å². The molecule has 0 N–H and O–H groups in total. The zero-order valence-electron chi connectivity index (χ0n) is 13.9. The molecule has 2 nitrogen and oxygen atoms in total. The Balaban J connectivity index is 1.74. The predicted octanol–water partition coefficient (Wildman–Crippen LogP) is 4.44. The lowest BCUT2D eigenvalue weighted by Gasteiger charge is -2.28. The Hall–Kier alpha value is -1.02. The molecule has 1 aromatic carbocycles. The van der Waals surface area contributed by atoms with Gasteiger partial charge in [-0.25, -0.2) is 0 Å². The van der Waals surface area contributed by atoms with Crippen LogP contribution in [0, 0.1) is 6.42 Å². The number of ether oxygens (including phenoxy) is 1. The zero-order chi connectivity index (χ0) is 15.1. The first-order chi connectivity index (χ1) is 10.1. The monoisotopic (exact) mass is 288 g/mol. The van der Waals surface area contributed by atoms with E-state index in [0.29, 0.717) is 0 Å². The number of rotatable bonds is 7. The van der Waals surface area contributed by atoms with E-state index in [1.807, 2.05) is 0 Å². The molecule has 0 amide bonds. The lowest BCUT2D eigenvalue weighted by atomic mass is 9.80. The molecule has 117 valence electrons. The largest absolute Gasteiger partial charge is 0.497 e. The molecule has 1 aromatic rings. The highest BCUT2D eigenvalue weighted by atomic mass is 16.5. The number of benzene rings is 1. The molecule has 2 heteroatoms. The minimum atomic E-state index is 0.133. The van der Waals surface area contributed by atoms with Crippen LogP contribution in [-0.2, 0) is 5.41 Å². The van der Waals surface area contributed by atoms with E-state index in [0.717, 1.165) is 5.75 Å². The normalized spacial score (nSPS) is 16.9. The SMILES string of the molecule is COc1ccc(C(C)(C)[CH]CCCN2CCCCC2)cc1. The quantitative estimate of drug-likeness (QED) is 0.688. The standard InChI is InChI=1S/C19H30NO/c1-19(2,17-9-11-18(21-3)12-10-17)13-5-8-16-20-14-6-4-7-15-20/h9-13H,4-8,14-16H2,1-3H3. The van der Waals surface area contributed by atoms with Crippen LogP contribution in [0.25, 0.3) is 0 Å². The van der Waals surface area contributed by atoms with E-state index < -0.39 is 0 Å². The van der Waals surface area contributed by atoms with Gasteiger partial charge < -0.3 is 9.64 Å². The number of nitrogens with zero attached hydrogens (tertiary/aromatic N) is 1. The molecule has 0 bridgehead atoms. The average Bonchev–Trinajstić information content (AvgIpc) is 2.53. The second-order valence-electron chi connectivity index (χ2n) is 6.70. The van der Waals surface area contributed by atoms with Gasteiger partial charge in [0.25, 0.3) is 0 Å². The van der Waals surface area contributed by atoms with Crippen LogP contribution >= 0.6 is 0 Å². The summed E-state index contributed by atoms with van der Waals surface area (Å²) in [4.78, 5) is 2.62. The highest BCUT2D eigenvalue weighted by Crippen LogP contribution is 2.29. The first-order valence-electron chi connectivity index (χ1n) is 8.33. The van der Waals surface area contributed by atoms with Crippen molar-refractivity contribution in [2.75, 3.05) is 26.7 Å². The van der Waals surface area contributed by atoms with Crippen LogP contribution in [0.3, 0.4) is 0 Å². The van der Waals surface area contributed by atoms with Crippen LogP contribution < -0.4 is 4.74 Å². The molecule has 21 heavy (non-hydrogen) atoms. The Labute approximate surface area is 130 Å². The number of piperidine rings is 1. The van der Waals surface area contributed by atoms with Gasteiger partial charge in [0.15, 0.2) is 0 Å². The van der Waals surface area contributed by atoms with Crippen LogP contribution in [-0.4, -0.2) is 31.6 Å².